The topological polar surface area (TPSA) is 118 Å². The number of nitrogens with zero attached hydrogens (tertiary/aromatic N) is 2. The smallest absolute Gasteiger partial charge is 0.408 e. The van der Waals surface area contributed by atoms with Crippen LogP contribution in [0.25, 0.3) is 33.8 Å². The summed E-state index contributed by atoms with van der Waals surface area (Å²) in [5.41, 5.74) is 0.239. The lowest BCUT2D eigenvalue weighted by molar-refractivity contribution is -0.274. The molecule has 0 unspecified atom stereocenters. The molecule has 3 heterocycles. The van der Waals surface area contributed by atoms with E-state index in [0.29, 0.717) is 51.9 Å². The molecule has 0 bridgehead atoms. The molecule has 5 rings (SSSR count). The fraction of sp³-hybridized carbons (Fsp3) is 0.469. The molecule has 1 amide bonds. The molecule has 0 spiro atoms. The van der Waals surface area contributed by atoms with Gasteiger partial charge in [-0.3, -0.25) is 0 Å². The Balaban J connectivity index is 1.38. The van der Waals surface area contributed by atoms with E-state index in [9.17, 15) is 4.79 Å². The van der Waals surface area contributed by atoms with Crippen LogP contribution in [0.15, 0.2) is 51.4 Å². The van der Waals surface area contributed by atoms with E-state index < -0.39 is 23.0 Å². The van der Waals surface area contributed by atoms with Gasteiger partial charge in [-0.1, -0.05) is 30.6 Å². The highest BCUT2D eigenvalue weighted by Gasteiger charge is 2.46. The minimum Gasteiger partial charge on any atom is -0.492 e. The number of ether oxygens (including phenoxy) is 4. The first-order valence-electron chi connectivity index (χ1n) is 14.3. The number of benzene rings is 2. The van der Waals surface area contributed by atoms with Crippen LogP contribution in [-0.4, -0.2) is 47.4 Å². The molecular weight excluding hydrogens is 574 g/mol. The lowest BCUT2D eigenvalue weighted by Gasteiger charge is -2.42. The van der Waals surface area contributed by atoms with Crippen molar-refractivity contribution in [2.75, 3.05) is 19.8 Å². The van der Waals surface area contributed by atoms with E-state index in [-0.39, 0.29) is 13.2 Å². The highest BCUT2D eigenvalue weighted by Crippen LogP contribution is 2.36. The summed E-state index contributed by atoms with van der Waals surface area (Å²) in [4.78, 5) is 17.4. The molecule has 230 valence electrons. The monoisotopic (exact) mass is 611 g/mol. The molecule has 1 fully saturated rings. The number of amides is 1. The molecule has 1 N–H and O–H groups in total. The molecule has 10 nitrogen and oxygen atoms in total. The van der Waals surface area contributed by atoms with Crippen LogP contribution in [0.2, 0.25) is 5.02 Å². The van der Waals surface area contributed by atoms with Gasteiger partial charge in [-0.2, -0.15) is 4.98 Å². The van der Waals surface area contributed by atoms with Crippen molar-refractivity contribution in [3.05, 3.63) is 53.2 Å². The first kappa shape index (κ1) is 30.8. The van der Waals surface area contributed by atoms with Gasteiger partial charge in [0.1, 0.15) is 28.2 Å². The van der Waals surface area contributed by atoms with Gasteiger partial charge in [-0.15, -0.1) is 0 Å². The van der Waals surface area contributed by atoms with Gasteiger partial charge < -0.3 is 33.2 Å². The zero-order valence-corrected chi connectivity index (χ0v) is 26.3. The van der Waals surface area contributed by atoms with E-state index in [4.69, 9.17) is 39.5 Å². The summed E-state index contributed by atoms with van der Waals surface area (Å²) in [6.45, 7) is 14.2. The van der Waals surface area contributed by atoms with Crippen molar-refractivity contribution in [3.8, 4) is 28.6 Å². The van der Waals surface area contributed by atoms with E-state index in [0.717, 1.165) is 17.4 Å². The summed E-state index contributed by atoms with van der Waals surface area (Å²) < 4.78 is 35.0. The lowest BCUT2D eigenvalue weighted by atomic mass is 9.96. The number of halogens is 1. The van der Waals surface area contributed by atoms with Crippen LogP contribution in [0.1, 0.15) is 60.6 Å². The highest BCUT2D eigenvalue weighted by atomic mass is 35.5. The predicted molar refractivity (Wildman–Crippen MR) is 162 cm³/mol. The minimum atomic E-state index is -1.10. The van der Waals surface area contributed by atoms with Gasteiger partial charge in [0.2, 0.25) is 5.82 Å². The number of nitrogens with one attached hydrogen (secondary N) is 1. The number of furan rings is 1. The maximum Gasteiger partial charge on any atom is 0.408 e. The maximum absolute atomic E-state index is 12.8. The Morgan fingerprint density at radius 1 is 1.07 bits per heavy atom. The number of fused-ring (bicyclic) bond motifs is 1. The van der Waals surface area contributed by atoms with E-state index in [1.165, 1.54) is 0 Å². The van der Waals surface area contributed by atoms with Crippen LogP contribution in [0.3, 0.4) is 0 Å². The third-order valence-corrected chi connectivity index (χ3v) is 7.17. The molecule has 43 heavy (non-hydrogen) atoms. The van der Waals surface area contributed by atoms with Gasteiger partial charge in [0.25, 0.3) is 5.89 Å². The Labute approximate surface area is 256 Å². The molecule has 2 aromatic heterocycles. The van der Waals surface area contributed by atoms with Crippen molar-refractivity contribution in [2.24, 2.45) is 5.92 Å². The van der Waals surface area contributed by atoms with Gasteiger partial charge in [0, 0.05) is 16.5 Å². The number of hydrogen-bond acceptors (Lipinski definition) is 9. The van der Waals surface area contributed by atoms with Crippen molar-refractivity contribution < 1.29 is 32.7 Å². The van der Waals surface area contributed by atoms with Crippen LogP contribution < -0.4 is 10.1 Å². The third kappa shape index (κ3) is 7.31. The molecule has 1 aliphatic heterocycles. The Kier molecular flexibility index (Phi) is 8.48. The van der Waals surface area contributed by atoms with E-state index in [1.54, 1.807) is 26.8 Å². The van der Waals surface area contributed by atoms with Gasteiger partial charge >= 0.3 is 6.09 Å². The Morgan fingerprint density at radius 3 is 2.47 bits per heavy atom. The maximum atomic E-state index is 12.8. The first-order chi connectivity index (χ1) is 20.2. The van der Waals surface area contributed by atoms with E-state index in [1.807, 2.05) is 50.2 Å². The molecular formula is C32H38ClN3O7. The summed E-state index contributed by atoms with van der Waals surface area (Å²) in [6, 6.07) is 12.8. The Bertz CT molecular complexity index is 1590. The van der Waals surface area contributed by atoms with Crippen LogP contribution in [0.4, 0.5) is 4.79 Å². The molecule has 0 radical (unpaired) electrons. The summed E-state index contributed by atoms with van der Waals surface area (Å²) in [5.74, 6) is 1.56. The number of alkyl carbamates (subject to hydrolysis) is 1. The second kappa shape index (κ2) is 11.8. The molecule has 2 aromatic carbocycles. The van der Waals surface area contributed by atoms with Crippen molar-refractivity contribution in [2.45, 2.75) is 71.8 Å². The predicted octanol–water partition coefficient (Wildman–Crippen LogP) is 7.73. The summed E-state index contributed by atoms with van der Waals surface area (Å²) in [6.07, 6.45) is 0.337. The average Bonchev–Trinajstić information content (AvgIpc) is 3.57. The second-order valence-electron chi connectivity index (χ2n) is 12.6. The van der Waals surface area contributed by atoms with Crippen molar-refractivity contribution >= 4 is 28.7 Å². The van der Waals surface area contributed by atoms with Crippen LogP contribution in [0, 0.1) is 5.92 Å². The van der Waals surface area contributed by atoms with E-state index >= 15 is 0 Å². The number of aromatic nitrogens is 2. The fourth-order valence-corrected chi connectivity index (χ4v) is 4.72. The standard InChI is InChI=1S/C32H38ClN3O7/c1-19(2)12-13-38-25-11-9-21(15-23(25)33)28-34-27(36-43-28)20-8-10-24-22(14-20)16-26(41-24)32(17-39-31(6,7)40-18-32)35-29(37)42-30(3,4)5/h8-11,14-16,19H,12-13,17-18H2,1-7H3,(H,35,37). The third-order valence-electron chi connectivity index (χ3n) is 6.88. The SMILES string of the molecule is CC(C)CCOc1ccc(-c2nc(-c3ccc4oc(C5(NC(=O)OC(C)(C)C)COC(C)(C)OC5)cc4c3)no2)cc1Cl. The Hall–Kier alpha value is -3.60. The molecule has 4 aromatic rings. The zero-order chi connectivity index (χ0) is 31.0. The summed E-state index contributed by atoms with van der Waals surface area (Å²) in [7, 11) is 0. The van der Waals surface area contributed by atoms with Crippen molar-refractivity contribution in [1.29, 1.82) is 0 Å². The molecule has 0 atom stereocenters. The molecule has 1 saturated heterocycles. The van der Waals surface area contributed by atoms with Gasteiger partial charge in [-0.05, 0) is 89.4 Å². The van der Waals surface area contributed by atoms with Crippen LogP contribution >= 0.6 is 11.6 Å². The quantitative estimate of drug-likeness (QED) is 0.213. The van der Waals surface area contributed by atoms with Gasteiger partial charge in [0.15, 0.2) is 5.79 Å². The zero-order valence-electron chi connectivity index (χ0n) is 25.6. The van der Waals surface area contributed by atoms with Crippen molar-refractivity contribution in [3.63, 3.8) is 0 Å². The number of hydrogen-bond donors (Lipinski definition) is 1. The number of carbonyl (C=O) groups excluding carboxylic acids is 1. The van der Waals surface area contributed by atoms with Gasteiger partial charge in [-0.25, -0.2) is 4.79 Å². The second-order valence-corrected chi connectivity index (χ2v) is 13.1. The molecule has 1 aliphatic rings. The lowest BCUT2D eigenvalue weighted by Crippen LogP contribution is -2.59. The van der Waals surface area contributed by atoms with E-state index in [2.05, 4.69) is 29.3 Å². The average molecular weight is 612 g/mol. The Morgan fingerprint density at radius 2 is 1.79 bits per heavy atom. The van der Waals surface area contributed by atoms with Crippen LogP contribution in [-0.2, 0) is 19.7 Å². The first-order valence-corrected chi connectivity index (χ1v) is 14.7. The summed E-state index contributed by atoms with van der Waals surface area (Å²) in [5, 5.41) is 8.37. The normalized spacial score (nSPS) is 16.4. The molecule has 11 heteroatoms. The van der Waals surface area contributed by atoms with Crippen LogP contribution in [0.5, 0.6) is 5.75 Å². The summed E-state index contributed by atoms with van der Waals surface area (Å²) >= 11 is 6.46. The number of carbonyl (C=O) groups is 1. The largest absolute Gasteiger partial charge is 0.492 e. The van der Waals surface area contributed by atoms with Gasteiger partial charge in [0.05, 0.1) is 24.8 Å². The molecule has 0 aliphatic carbocycles. The fourth-order valence-electron chi connectivity index (χ4n) is 4.48. The minimum absolute atomic E-state index is 0.129. The molecule has 0 saturated carbocycles. The van der Waals surface area contributed by atoms with Crippen molar-refractivity contribution in [1.82, 2.24) is 15.5 Å². The highest BCUT2D eigenvalue weighted by molar-refractivity contribution is 6.32. The number of rotatable bonds is 8.